The fraction of sp³-hybridized carbons (Fsp3) is 0.190. The number of ketones is 1. The molecule has 26 heavy (non-hydrogen) atoms. The number of carbonyl (C=O) groups excluding carboxylic acids is 1. The molecule has 4 rings (SSSR count). The van der Waals surface area contributed by atoms with E-state index in [0.717, 1.165) is 10.6 Å². The minimum absolute atomic E-state index is 0.0614. The highest BCUT2D eigenvalue weighted by molar-refractivity contribution is 7.18. The molecule has 1 N–H and O–H groups in total. The number of carbonyl (C=O) groups is 1. The molecule has 0 saturated heterocycles. The minimum Gasteiger partial charge on any atom is -0.344 e. The maximum absolute atomic E-state index is 12.7. The molecule has 0 amide bonds. The molecule has 0 aliphatic carbocycles. The van der Waals surface area contributed by atoms with Crippen LogP contribution in [0.1, 0.15) is 31.1 Å². The summed E-state index contributed by atoms with van der Waals surface area (Å²) in [6.07, 6.45) is 3.47. The van der Waals surface area contributed by atoms with E-state index in [1.165, 1.54) is 10.4 Å². The molecule has 5 heteroatoms. The van der Waals surface area contributed by atoms with E-state index < -0.39 is 5.41 Å². The van der Waals surface area contributed by atoms with E-state index in [1.54, 1.807) is 23.7 Å². The van der Waals surface area contributed by atoms with Gasteiger partial charge in [0.15, 0.2) is 11.4 Å². The van der Waals surface area contributed by atoms with E-state index in [4.69, 9.17) is 4.98 Å². The monoisotopic (exact) mass is 361 g/mol. The van der Waals surface area contributed by atoms with Crippen LogP contribution in [0.3, 0.4) is 0 Å². The van der Waals surface area contributed by atoms with Crippen molar-refractivity contribution in [1.82, 2.24) is 15.0 Å². The minimum atomic E-state index is -0.462. The standard InChI is InChI=1S/C21H19N3OS/c1-21(2,3)19(25)14-11-22-20-18(14)24-15(12-23-20)17-10-9-16(26-17)13-7-5-4-6-8-13/h4-12H,1-3H3,(H,22,23). The third-order valence-corrected chi connectivity index (χ3v) is 5.38. The molecular weight excluding hydrogens is 342 g/mol. The molecule has 3 aromatic heterocycles. The van der Waals surface area contributed by atoms with Crippen LogP contribution in [0, 0.1) is 5.41 Å². The molecule has 130 valence electrons. The van der Waals surface area contributed by atoms with Crippen LogP contribution in [0.5, 0.6) is 0 Å². The van der Waals surface area contributed by atoms with Gasteiger partial charge in [-0.05, 0) is 17.7 Å². The van der Waals surface area contributed by atoms with Gasteiger partial charge in [0, 0.05) is 16.5 Å². The zero-order valence-electron chi connectivity index (χ0n) is 14.9. The third-order valence-electron chi connectivity index (χ3n) is 4.22. The SMILES string of the molecule is CC(C)(C)C(=O)c1c[nH]c2ncc(-c3ccc(-c4ccccc4)s3)nc12. The molecule has 0 aliphatic rings. The predicted molar refractivity (Wildman–Crippen MR) is 106 cm³/mol. The van der Waals surface area contributed by atoms with Gasteiger partial charge in [-0.2, -0.15) is 0 Å². The fourth-order valence-electron chi connectivity index (χ4n) is 2.82. The number of Topliss-reactive ketones (excluding diaryl/α,β-unsaturated/α-hetero) is 1. The summed E-state index contributed by atoms with van der Waals surface area (Å²) in [4.78, 5) is 27.2. The number of hydrogen-bond acceptors (Lipinski definition) is 4. The number of thiophene rings is 1. The Hall–Kier alpha value is -2.79. The second-order valence-corrected chi connectivity index (χ2v) is 8.35. The van der Waals surface area contributed by atoms with Gasteiger partial charge in [0.1, 0.15) is 5.52 Å². The van der Waals surface area contributed by atoms with Crippen molar-refractivity contribution in [3.63, 3.8) is 0 Å². The topological polar surface area (TPSA) is 58.6 Å². The van der Waals surface area contributed by atoms with Gasteiger partial charge in [-0.3, -0.25) is 4.79 Å². The first kappa shape index (κ1) is 16.7. The first-order chi connectivity index (χ1) is 12.4. The normalized spacial score (nSPS) is 11.8. The van der Waals surface area contributed by atoms with Crippen LogP contribution in [0.4, 0.5) is 0 Å². The van der Waals surface area contributed by atoms with Crippen LogP contribution in [0.15, 0.2) is 54.9 Å². The number of H-pyrrole nitrogens is 1. The molecule has 1 aromatic carbocycles. The number of fused-ring (bicyclic) bond motifs is 1. The molecule has 0 radical (unpaired) electrons. The molecule has 0 fully saturated rings. The van der Waals surface area contributed by atoms with Gasteiger partial charge >= 0.3 is 0 Å². The summed E-state index contributed by atoms with van der Waals surface area (Å²) < 4.78 is 0. The van der Waals surface area contributed by atoms with Crippen molar-refractivity contribution in [3.8, 4) is 21.0 Å². The first-order valence-electron chi connectivity index (χ1n) is 8.48. The van der Waals surface area contributed by atoms with Gasteiger partial charge < -0.3 is 4.98 Å². The van der Waals surface area contributed by atoms with Crippen LogP contribution in [-0.4, -0.2) is 20.7 Å². The van der Waals surface area contributed by atoms with Gasteiger partial charge in [0.25, 0.3) is 0 Å². The molecule has 4 nitrogen and oxygen atoms in total. The van der Waals surface area contributed by atoms with Crippen LogP contribution < -0.4 is 0 Å². The van der Waals surface area contributed by atoms with E-state index in [0.29, 0.717) is 16.7 Å². The molecule has 0 spiro atoms. The molecular formula is C21H19N3OS. The summed E-state index contributed by atoms with van der Waals surface area (Å²) in [5, 5.41) is 0. The Labute approximate surface area is 156 Å². The molecule has 0 saturated carbocycles. The summed E-state index contributed by atoms with van der Waals surface area (Å²) >= 11 is 1.67. The van der Waals surface area contributed by atoms with Crippen molar-refractivity contribution in [2.45, 2.75) is 20.8 Å². The smallest absolute Gasteiger partial charge is 0.171 e. The van der Waals surface area contributed by atoms with Crippen molar-refractivity contribution in [1.29, 1.82) is 0 Å². The van der Waals surface area contributed by atoms with Crippen LogP contribution in [-0.2, 0) is 0 Å². The molecule has 3 heterocycles. The zero-order valence-corrected chi connectivity index (χ0v) is 15.7. The first-order valence-corrected chi connectivity index (χ1v) is 9.30. The fourth-order valence-corrected chi connectivity index (χ4v) is 3.79. The van der Waals surface area contributed by atoms with Gasteiger partial charge in [-0.1, -0.05) is 51.1 Å². The van der Waals surface area contributed by atoms with Gasteiger partial charge in [0.05, 0.1) is 22.3 Å². The highest BCUT2D eigenvalue weighted by Gasteiger charge is 2.26. The molecule has 0 aliphatic heterocycles. The maximum Gasteiger partial charge on any atom is 0.171 e. The van der Waals surface area contributed by atoms with E-state index in [2.05, 4.69) is 34.2 Å². The van der Waals surface area contributed by atoms with Crippen LogP contribution >= 0.6 is 11.3 Å². The Kier molecular flexibility index (Phi) is 3.96. The Morgan fingerprint density at radius 3 is 2.50 bits per heavy atom. The number of benzene rings is 1. The van der Waals surface area contributed by atoms with E-state index in [1.807, 2.05) is 39.0 Å². The largest absolute Gasteiger partial charge is 0.344 e. The zero-order chi connectivity index (χ0) is 18.3. The second-order valence-electron chi connectivity index (χ2n) is 7.26. The summed E-state index contributed by atoms with van der Waals surface area (Å²) in [6, 6.07) is 14.4. The number of rotatable bonds is 3. The van der Waals surface area contributed by atoms with Crippen molar-refractivity contribution >= 4 is 28.3 Å². The van der Waals surface area contributed by atoms with Crippen molar-refractivity contribution in [2.75, 3.05) is 0 Å². The Balaban J connectivity index is 1.76. The van der Waals surface area contributed by atoms with Gasteiger partial charge in [-0.15, -0.1) is 11.3 Å². The van der Waals surface area contributed by atoms with Gasteiger partial charge in [-0.25, -0.2) is 9.97 Å². The predicted octanol–water partition coefficient (Wildman–Crippen LogP) is 5.58. The number of nitrogens with zero attached hydrogens (tertiary/aromatic N) is 2. The van der Waals surface area contributed by atoms with Gasteiger partial charge in [0.2, 0.25) is 0 Å². The average Bonchev–Trinajstić information content (AvgIpc) is 3.28. The number of aromatic amines is 1. The number of nitrogens with one attached hydrogen (secondary N) is 1. The quantitative estimate of drug-likeness (QED) is 0.484. The lowest BCUT2D eigenvalue weighted by molar-refractivity contribution is 0.0860. The second kappa shape index (κ2) is 6.18. The summed E-state index contributed by atoms with van der Waals surface area (Å²) in [5.41, 5.74) is 3.38. The third kappa shape index (κ3) is 2.95. The number of aromatic nitrogens is 3. The molecule has 0 bridgehead atoms. The Bertz CT molecular complexity index is 1090. The average molecular weight is 361 g/mol. The highest BCUT2D eigenvalue weighted by Crippen LogP contribution is 2.34. The van der Waals surface area contributed by atoms with E-state index in [9.17, 15) is 4.79 Å². The van der Waals surface area contributed by atoms with Crippen molar-refractivity contribution < 1.29 is 4.79 Å². The highest BCUT2D eigenvalue weighted by atomic mass is 32.1. The number of hydrogen-bond donors (Lipinski definition) is 1. The lowest BCUT2D eigenvalue weighted by Gasteiger charge is -2.15. The molecule has 4 aromatic rings. The Morgan fingerprint density at radius 2 is 1.77 bits per heavy atom. The molecule has 0 atom stereocenters. The van der Waals surface area contributed by atoms with E-state index in [-0.39, 0.29) is 5.78 Å². The summed E-state index contributed by atoms with van der Waals surface area (Å²) in [5.74, 6) is 0.0614. The maximum atomic E-state index is 12.7. The van der Waals surface area contributed by atoms with Crippen molar-refractivity contribution in [3.05, 3.63) is 60.4 Å². The summed E-state index contributed by atoms with van der Waals surface area (Å²) in [7, 11) is 0. The lowest BCUT2D eigenvalue weighted by Crippen LogP contribution is -2.20. The summed E-state index contributed by atoms with van der Waals surface area (Å²) in [6.45, 7) is 5.74. The Morgan fingerprint density at radius 1 is 1.04 bits per heavy atom. The van der Waals surface area contributed by atoms with Crippen LogP contribution in [0.2, 0.25) is 0 Å². The van der Waals surface area contributed by atoms with E-state index >= 15 is 0 Å². The van der Waals surface area contributed by atoms with Crippen molar-refractivity contribution in [2.24, 2.45) is 5.41 Å². The molecule has 0 unspecified atom stereocenters. The lowest BCUT2D eigenvalue weighted by atomic mass is 9.87. The van der Waals surface area contributed by atoms with Crippen LogP contribution in [0.25, 0.3) is 32.2 Å².